The Balaban J connectivity index is 1.85. The van der Waals surface area contributed by atoms with Crippen LogP contribution in [0.2, 0.25) is 0 Å². The van der Waals surface area contributed by atoms with Gasteiger partial charge in [-0.1, -0.05) is 13.8 Å². The first-order valence-electron chi connectivity index (χ1n) is 7.06. The molecule has 1 aliphatic heterocycles. The summed E-state index contributed by atoms with van der Waals surface area (Å²) in [5.41, 5.74) is 0. The molecule has 5 nitrogen and oxygen atoms in total. The lowest BCUT2D eigenvalue weighted by atomic mass is 9.77. The molecule has 2 amide bonds. The van der Waals surface area contributed by atoms with E-state index in [1.54, 1.807) is 0 Å². The van der Waals surface area contributed by atoms with Crippen LogP contribution in [0.1, 0.15) is 52.4 Å². The van der Waals surface area contributed by atoms with Gasteiger partial charge in [0, 0.05) is 12.8 Å². The van der Waals surface area contributed by atoms with Gasteiger partial charge in [0.05, 0.1) is 5.92 Å². The molecule has 106 valence electrons. The summed E-state index contributed by atoms with van der Waals surface area (Å²) in [7, 11) is 0. The van der Waals surface area contributed by atoms with E-state index in [0.717, 1.165) is 25.7 Å². The predicted molar refractivity (Wildman–Crippen MR) is 67.5 cm³/mol. The molecule has 0 unspecified atom stereocenters. The Morgan fingerprint density at radius 2 is 1.63 bits per heavy atom. The molecule has 2 rings (SSSR count). The van der Waals surface area contributed by atoms with E-state index < -0.39 is 17.8 Å². The number of hydrogen-bond acceptors (Lipinski definition) is 4. The third-order valence-electron chi connectivity index (χ3n) is 4.24. The first kappa shape index (κ1) is 14.0. The van der Waals surface area contributed by atoms with Crippen LogP contribution in [-0.2, 0) is 19.2 Å². The Bertz CT molecular complexity index is 367. The molecule has 1 saturated heterocycles. The normalized spacial score (nSPS) is 28.1. The van der Waals surface area contributed by atoms with Gasteiger partial charge in [0.1, 0.15) is 0 Å². The van der Waals surface area contributed by atoms with Gasteiger partial charge in [-0.05, 0) is 37.5 Å². The summed E-state index contributed by atoms with van der Waals surface area (Å²) in [6.07, 6.45) is 3.90. The van der Waals surface area contributed by atoms with Gasteiger partial charge in [-0.25, -0.2) is 4.79 Å². The summed E-state index contributed by atoms with van der Waals surface area (Å²) in [6.45, 7) is 4.40. The highest BCUT2D eigenvalue weighted by Crippen LogP contribution is 2.34. The molecule has 0 spiro atoms. The van der Waals surface area contributed by atoms with Gasteiger partial charge >= 0.3 is 5.97 Å². The van der Waals surface area contributed by atoms with Crippen molar-refractivity contribution in [2.24, 2.45) is 17.8 Å². The van der Waals surface area contributed by atoms with Crippen molar-refractivity contribution in [3.63, 3.8) is 0 Å². The molecule has 0 aromatic carbocycles. The largest absolute Gasteiger partial charge is 0.336 e. The number of nitrogens with zero attached hydrogens (tertiary/aromatic N) is 1. The molecule has 5 heteroatoms. The van der Waals surface area contributed by atoms with E-state index in [2.05, 4.69) is 13.8 Å². The summed E-state index contributed by atoms with van der Waals surface area (Å²) in [5, 5.41) is 0.650. The van der Waals surface area contributed by atoms with Crippen LogP contribution < -0.4 is 0 Å². The van der Waals surface area contributed by atoms with Crippen LogP contribution in [0.4, 0.5) is 0 Å². The Morgan fingerprint density at radius 1 is 1.11 bits per heavy atom. The van der Waals surface area contributed by atoms with Crippen LogP contribution in [-0.4, -0.2) is 22.8 Å². The summed E-state index contributed by atoms with van der Waals surface area (Å²) in [5.74, 6) is -0.108. The van der Waals surface area contributed by atoms with Gasteiger partial charge in [-0.2, -0.15) is 0 Å². The van der Waals surface area contributed by atoms with Crippen molar-refractivity contribution in [1.82, 2.24) is 5.06 Å². The van der Waals surface area contributed by atoms with Crippen molar-refractivity contribution in [1.29, 1.82) is 0 Å². The summed E-state index contributed by atoms with van der Waals surface area (Å²) in [4.78, 5) is 39.7. The third kappa shape index (κ3) is 3.14. The van der Waals surface area contributed by atoms with Crippen LogP contribution in [0.15, 0.2) is 0 Å². The van der Waals surface area contributed by atoms with Crippen LogP contribution >= 0.6 is 0 Å². The maximum absolute atomic E-state index is 12.0. The topological polar surface area (TPSA) is 63.7 Å². The van der Waals surface area contributed by atoms with Crippen molar-refractivity contribution in [3.05, 3.63) is 0 Å². The number of carbonyl (C=O) groups excluding carboxylic acids is 3. The van der Waals surface area contributed by atoms with Crippen LogP contribution in [0.5, 0.6) is 0 Å². The molecule has 2 fully saturated rings. The van der Waals surface area contributed by atoms with Crippen molar-refractivity contribution >= 4 is 17.8 Å². The maximum atomic E-state index is 12.0. The zero-order valence-electron chi connectivity index (χ0n) is 11.6. The van der Waals surface area contributed by atoms with Gasteiger partial charge in [0.25, 0.3) is 11.8 Å². The quantitative estimate of drug-likeness (QED) is 0.734. The molecule has 0 aromatic heterocycles. The van der Waals surface area contributed by atoms with Crippen LogP contribution in [0.25, 0.3) is 0 Å². The molecule has 0 aromatic rings. The molecule has 0 bridgehead atoms. The number of hydrogen-bond donors (Lipinski definition) is 0. The molecule has 19 heavy (non-hydrogen) atoms. The Labute approximate surface area is 113 Å². The highest BCUT2D eigenvalue weighted by molar-refractivity contribution is 6.01. The van der Waals surface area contributed by atoms with Crippen molar-refractivity contribution in [3.8, 4) is 0 Å². The maximum Gasteiger partial charge on any atom is 0.336 e. The molecule has 1 aliphatic carbocycles. The lowest BCUT2D eigenvalue weighted by Gasteiger charge is -2.29. The van der Waals surface area contributed by atoms with Gasteiger partial charge in [0.2, 0.25) is 0 Å². The lowest BCUT2D eigenvalue weighted by molar-refractivity contribution is -0.201. The minimum atomic E-state index is -0.425. The number of rotatable bonds is 3. The second-order valence-corrected chi connectivity index (χ2v) is 5.85. The molecule has 0 radical (unpaired) electrons. The van der Waals surface area contributed by atoms with E-state index in [4.69, 9.17) is 4.84 Å². The molecule has 1 saturated carbocycles. The first-order chi connectivity index (χ1) is 8.99. The highest BCUT2D eigenvalue weighted by atomic mass is 16.7. The SMILES string of the molecule is CC(C)[C@H]1CC[C@H](C(=O)ON2C(=O)CCC2=O)CC1. The predicted octanol–water partition coefficient (Wildman–Crippen LogP) is 2.06. The van der Waals surface area contributed by atoms with Crippen molar-refractivity contribution < 1.29 is 19.2 Å². The molecule has 0 N–H and O–H groups in total. The third-order valence-corrected chi connectivity index (χ3v) is 4.24. The second-order valence-electron chi connectivity index (χ2n) is 5.85. The van der Waals surface area contributed by atoms with E-state index in [9.17, 15) is 14.4 Å². The summed E-state index contributed by atoms with van der Waals surface area (Å²) < 4.78 is 0. The van der Waals surface area contributed by atoms with Gasteiger partial charge < -0.3 is 4.84 Å². The fraction of sp³-hybridized carbons (Fsp3) is 0.786. The number of hydroxylamine groups is 2. The van der Waals surface area contributed by atoms with Gasteiger partial charge in [-0.15, -0.1) is 5.06 Å². The second kappa shape index (κ2) is 5.72. The zero-order chi connectivity index (χ0) is 14.0. The fourth-order valence-electron chi connectivity index (χ4n) is 2.84. The Hall–Kier alpha value is -1.39. The van der Waals surface area contributed by atoms with E-state index in [1.165, 1.54) is 0 Å². The summed E-state index contributed by atoms with van der Waals surface area (Å²) >= 11 is 0. The number of amides is 2. The Morgan fingerprint density at radius 3 is 2.11 bits per heavy atom. The van der Waals surface area contributed by atoms with Crippen LogP contribution in [0, 0.1) is 17.8 Å². The standard InChI is InChI=1S/C14H21NO4/c1-9(2)10-3-5-11(6-4-10)14(18)19-15-12(16)7-8-13(15)17/h9-11H,3-8H2,1-2H3/t10-,11-. The highest BCUT2D eigenvalue weighted by Gasteiger charge is 2.36. The number of imide groups is 1. The minimum Gasteiger partial charge on any atom is -0.330 e. The van der Waals surface area contributed by atoms with E-state index in [0.29, 0.717) is 16.9 Å². The smallest absolute Gasteiger partial charge is 0.330 e. The lowest BCUT2D eigenvalue weighted by Crippen LogP contribution is -2.36. The molecular weight excluding hydrogens is 246 g/mol. The molecular formula is C14H21NO4. The van der Waals surface area contributed by atoms with Gasteiger partial charge in [0.15, 0.2) is 0 Å². The average Bonchev–Trinajstić information content (AvgIpc) is 2.70. The van der Waals surface area contributed by atoms with E-state index in [-0.39, 0.29) is 18.8 Å². The fourth-order valence-corrected chi connectivity index (χ4v) is 2.84. The molecule has 0 atom stereocenters. The van der Waals surface area contributed by atoms with Gasteiger partial charge in [-0.3, -0.25) is 9.59 Å². The minimum absolute atomic E-state index is 0.145. The van der Waals surface area contributed by atoms with E-state index >= 15 is 0 Å². The molecule has 2 aliphatic rings. The molecule has 1 heterocycles. The first-order valence-corrected chi connectivity index (χ1v) is 7.06. The Kier molecular flexibility index (Phi) is 4.22. The monoisotopic (exact) mass is 267 g/mol. The number of carbonyl (C=O) groups is 3. The average molecular weight is 267 g/mol. The summed E-state index contributed by atoms with van der Waals surface area (Å²) in [6, 6.07) is 0. The van der Waals surface area contributed by atoms with Crippen molar-refractivity contribution in [2.45, 2.75) is 52.4 Å². The van der Waals surface area contributed by atoms with Crippen molar-refractivity contribution in [2.75, 3.05) is 0 Å². The zero-order valence-corrected chi connectivity index (χ0v) is 11.6. The van der Waals surface area contributed by atoms with Crippen LogP contribution in [0.3, 0.4) is 0 Å². The van der Waals surface area contributed by atoms with E-state index in [1.807, 2.05) is 0 Å².